The number of nitrogens with zero attached hydrogens (tertiary/aromatic N) is 1. The molecule has 0 radical (unpaired) electrons. The van der Waals surface area contributed by atoms with E-state index in [0.717, 1.165) is 5.56 Å². The number of hydrogen-bond acceptors (Lipinski definition) is 5. The van der Waals surface area contributed by atoms with E-state index >= 15 is 0 Å². The Morgan fingerprint density at radius 1 is 1.11 bits per heavy atom. The van der Waals surface area contributed by atoms with Gasteiger partial charge < -0.3 is 30.3 Å². The van der Waals surface area contributed by atoms with Gasteiger partial charge in [0.25, 0.3) is 5.91 Å². The number of amides is 4. The van der Waals surface area contributed by atoms with Crippen molar-refractivity contribution >= 4 is 29.2 Å². The van der Waals surface area contributed by atoms with Crippen molar-refractivity contribution in [2.45, 2.75) is 51.4 Å². The molecule has 0 bridgehead atoms. The van der Waals surface area contributed by atoms with Crippen LogP contribution in [0.4, 0.5) is 16.2 Å². The number of benzene rings is 2. The quantitative estimate of drug-likeness (QED) is 0.607. The molecule has 2 aliphatic heterocycles. The predicted octanol–water partition coefficient (Wildman–Crippen LogP) is 3.55. The highest BCUT2D eigenvalue weighted by Gasteiger charge is 2.39. The van der Waals surface area contributed by atoms with Gasteiger partial charge in [0.2, 0.25) is 5.91 Å². The molecule has 0 aliphatic carbocycles. The number of fused-ring (bicyclic) bond motifs is 2. The number of nitrogens with one attached hydrogen (secondary N) is 3. The molecule has 1 saturated heterocycles. The van der Waals surface area contributed by atoms with Crippen LogP contribution in [0.25, 0.3) is 0 Å². The zero-order valence-electron chi connectivity index (χ0n) is 20.3. The number of carbonyl (C=O) groups is 3. The summed E-state index contributed by atoms with van der Waals surface area (Å²) in [6.45, 7) is 4.64. The normalized spacial score (nSPS) is 21.5. The molecule has 3 N–H and O–H groups in total. The first-order chi connectivity index (χ1) is 16.9. The molecule has 0 aromatic heterocycles. The summed E-state index contributed by atoms with van der Waals surface area (Å²) in [5.74, 6) is 0.187. The highest BCUT2D eigenvalue weighted by atomic mass is 16.5. The lowest BCUT2D eigenvalue weighted by atomic mass is 9.94. The minimum Gasteiger partial charge on any atom is -0.490 e. The molecule has 0 unspecified atom stereocenters. The number of anilines is 2. The maximum Gasteiger partial charge on any atom is 0.323 e. The second kappa shape index (κ2) is 10.8. The Bertz CT molecular complexity index is 1100. The third-order valence-corrected chi connectivity index (χ3v) is 6.45. The Balaban J connectivity index is 1.46. The van der Waals surface area contributed by atoms with E-state index < -0.39 is 6.03 Å². The van der Waals surface area contributed by atoms with Gasteiger partial charge in [-0.3, -0.25) is 9.59 Å². The molecule has 2 aromatic carbocycles. The minimum atomic E-state index is -0.397. The lowest BCUT2D eigenvalue weighted by Gasteiger charge is -2.42. The van der Waals surface area contributed by atoms with Crippen molar-refractivity contribution < 1.29 is 23.9 Å². The van der Waals surface area contributed by atoms with E-state index in [0.29, 0.717) is 48.5 Å². The smallest absolute Gasteiger partial charge is 0.323 e. The number of likely N-dealkylation sites (N-methyl/N-ethyl adjacent to an activating group) is 1. The van der Waals surface area contributed by atoms with Crippen molar-refractivity contribution in [2.24, 2.45) is 0 Å². The fourth-order valence-electron chi connectivity index (χ4n) is 4.58. The summed E-state index contributed by atoms with van der Waals surface area (Å²) >= 11 is 0. The fourth-order valence-corrected chi connectivity index (χ4v) is 4.58. The second-order valence-corrected chi connectivity index (χ2v) is 8.93. The molecule has 0 spiro atoms. The topological polar surface area (TPSA) is 109 Å². The Morgan fingerprint density at radius 2 is 1.91 bits per heavy atom. The minimum absolute atomic E-state index is 0.0380. The summed E-state index contributed by atoms with van der Waals surface area (Å²) in [7, 11) is 1.76. The third-order valence-electron chi connectivity index (χ3n) is 6.45. The molecule has 0 saturated carbocycles. The molecule has 35 heavy (non-hydrogen) atoms. The SMILES string of the molecule is CCNC(=O)C[C@@H]1CC[C@H]2[C@H](COc3ccc(NC(=O)Nc4ccccc4C)cc3C(=O)N2C)O1. The molecule has 2 heterocycles. The average molecular weight is 481 g/mol. The van der Waals surface area contributed by atoms with Crippen LogP contribution in [-0.4, -0.2) is 61.2 Å². The van der Waals surface area contributed by atoms with Crippen molar-refractivity contribution in [1.82, 2.24) is 10.2 Å². The van der Waals surface area contributed by atoms with E-state index in [-0.39, 0.29) is 36.7 Å². The predicted molar refractivity (Wildman–Crippen MR) is 133 cm³/mol. The second-order valence-electron chi connectivity index (χ2n) is 8.93. The highest BCUT2D eigenvalue weighted by molar-refractivity contribution is 6.02. The van der Waals surface area contributed by atoms with Gasteiger partial charge in [-0.25, -0.2) is 4.79 Å². The Morgan fingerprint density at radius 3 is 2.69 bits per heavy atom. The van der Waals surface area contributed by atoms with E-state index in [1.165, 1.54) is 0 Å². The first-order valence-electron chi connectivity index (χ1n) is 12.0. The highest BCUT2D eigenvalue weighted by Crippen LogP contribution is 2.32. The number of ether oxygens (including phenoxy) is 2. The fraction of sp³-hybridized carbons (Fsp3) is 0.423. The Kier molecular flexibility index (Phi) is 7.55. The molecule has 2 aromatic rings. The standard InChI is InChI=1S/C26H32N4O5/c1-4-27-24(31)14-18-10-11-21-23(35-18)15-34-22-12-9-17(13-19(22)25(32)30(21)3)28-26(33)29-20-8-6-5-7-16(20)2/h5-9,12-13,18,21,23H,4,10-11,14-15H2,1-3H3,(H,27,31)(H2,28,29,33)/t18-,21-,23-/m0/s1. The molecule has 4 amide bonds. The van der Waals surface area contributed by atoms with Gasteiger partial charge >= 0.3 is 6.03 Å². The molecule has 9 nitrogen and oxygen atoms in total. The molecule has 2 aliphatic rings. The maximum atomic E-state index is 13.4. The van der Waals surface area contributed by atoms with Crippen LogP contribution in [0.5, 0.6) is 5.75 Å². The Labute approximate surface area is 205 Å². The molecular formula is C26H32N4O5. The van der Waals surface area contributed by atoms with E-state index in [9.17, 15) is 14.4 Å². The number of hydrogen-bond donors (Lipinski definition) is 3. The molecule has 9 heteroatoms. The van der Waals surface area contributed by atoms with Crippen molar-refractivity contribution in [3.8, 4) is 5.75 Å². The van der Waals surface area contributed by atoms with Gasteiger partial charge in [0.05, 0.1) is 24.1 Å². The largest absolute Gasteiger partial charge is 0.490 e. The van der Waals surface area contributed by atoms with Gasteiger partial charge in [-0.15, -0.1) is 0 Å². The van der Waals surface area contributed by atoms with Crippen LogP contribution in [0, 0.1) is 6.92 Å². The first kappa shape index (κ1) is 24.5. The summed E-state index contributed by atoms with van der Waals surface area (Å²) in [6, 6.07) is 11.9. The lowest BCUT2D eigenvalue weighted by molar-refractivity contribution is -0.133. The van der Waals surface area contributed by atoms with Crippen molar-refractivity contribution in [3.63, 3.8) is 0 Å². The number of para-hydroxylation sites is 1. The molecule has 186 valence electrons. The number of carbonyl (C=O) groups excluding carboxylic acids is 3. The van der Waals surface area contributed by atoms with Crippen LogP contribution in [-0.2, 0) is 9.53 Å². The monoisotopic (exact) mass is 480 g/mol. The number of rotatable bonds is 5. The lowest BCUT2D eigenvalue weighted by Crippen LogP contribution is -2.54. The summed E-state index contributed by atoms with van der Waals surface area (Å²) in [5, 5.41) is 8.41. The molecular weight excluding hydrogens is 448 g/mol. The van der Waals surface area contributed by atoms with Crippen LogP contribution in [0.2, 0.25) is 0 Å². The third kappa shape index (κ3) is 5.74. The van der Waals surface area contributed by atoms with E-state index in [1.807, 2.05) is 38.1 Å². The average Bonchev–Trinajstić information content (AvgIpc) is 2.83. The van der Waals surface area contributed by atoms with Gasteiger partial charge in [0, 0.05) is 25.0 Å². The molecule has 1 fully saturated rings. The van der Waals surface area contributed by atoms with Gasteiger partial charge in [-0.2, -0.15) is 0 Å². The zero-order chi connectivity index (χ0) is 24.9. The summed E-state index contributed by atoms with van der Waals surface area (Å²) in [5.41, 5.74) is 2.52. The first-order valence-corrected chi connectivity index (χ1v) is 12.0. The van der Waals surface area contributed by atoms with E-state index in [2.05, 4.69) is 16.0 Å². The van der Waals surface area contributed by atoms with E-state index in [1.54, 1.807) is 30.1 Å². The number of aryl methyl sites for hydroxylation is 1. The molecule has 3 atom stereocenters. The molecule has 4 rings (SSSR count). The van der Waals surface area contributed by atoms with Crippen molar-refractivity contribution in [1.29, 1.82) is 0 Å². The van der Waals surface area contributed by atoms with Crippen LogP contribution < -0.4 is 20.7 Å². The van der Waals surface area contributed by atoms with Crippen LogP contribution in [0.3, 0.4) is 0 Å². The van der Waals surface area contributed by atoms with Gasteiger partial charge in [0.1, 0.15) is 18.5 Å². The van der Waals surface area contributed by atoms with Gasteiger partial charge in [0.15, 0.2) is 0 Å². The summed E-state index contributed by atoms with van der Waals surface area (Å²) < 4.78 is 12.2. The number of urea groups is 1. The van der Waals surface area contributed by atoms with E-state index in [4.69, 9.17) is 9.47 Å². The Hall–Kier alpha value is -3.59. The van der Waals surface area contributed by atoms with Crippen LogP contribution in [0.1, 0.15) is 42.1 Å². The summed E-state index contributed by atoms with van der Waals surface area (Å²) in [6.07, 6.45) is 1.16. The van der Waals surface area contributed by atoms with Crippen LogP contribution in [0.15, 0.2) is 42.5 Å². The van der Waals surface area contributed by atoms with Crippen LogP contribution >= 0.6 is 0 Å². The zero-order valence-corrected chi connectivity index (χ0v) is 20.3. The van der Waals surface area contributed by atoms with Gasteiger partial charge in [-0.05, 0) is 56.5 Å². The van der Waals surface area contributed by atoms with Crippen molar-refractivity contribution in [3.05, 3.63) is 53.6 Å². The van der Waals surface area contributed by atoms with Gasteiger partial charge in [-0.1, -0.05) is 18.2 Å². The maximum absolute atomic E-state index is 13.4. The summed E-state index contributed by atoms with van der Waals surface area (Å²) in [4.78, 5) is 39.5. The van der Waals surface area contributed by atoms with Crippen molar-refractivity contribution in [2.75, 3.05) is 30.8 Å².